The zero-order valence-electron chi connectivity index (χ0n) is 26.2. The van der Waals surface area contributed by atoms with Crippen LogP contribution in [0.3, 0.4) is 0 Å². The highest BCUT2D eigenvalue weighted by Crippen LogP contribution is 2.52. The summed E-state index contributed by atoms with van der Waals surface area (Å²) in [5, 5.41) is 65.5. The van der Waals surface area contributed by atoms with E-state index in [-0.39, 0.29) is 36.0 Å². The molecule has 2 aromatic rings. The summed E-state index contributed by atoms with van der Waals surface area (Å²) in [6.45, 7) is 4.12. The number of phenolic OH excluding ortho intramolecular Hbond substituents is 2. The van der Waals surface area contributed by atoms with Gasteiger partial charge in [0.2, 0.25) is 5.78 Å². The second-order valence-electron chi connectivity index (χ2n) is 12.7. The predicted octanol–water partition coefficient (Wildman–Crippen LogP) is 1.10. The van der Waals surface area contributed by atoms with Crippen LogP contribution in [0.5, 0.6) is 11.5 Å². The van der Waals surface area contributed by atoms with Crippen LogP contribution in [0.25, 0.3) is 10.8 Å². The Morgan fingerprint density at radius 3 is 2.32 bits per heavy atom. The zero-order chi connectivity index (χ0) is 34.1. The number of benzene rings is 2. The molecule has 6 rings (SSSR count). The molecule has 254 valence electrons. The Bertz CT molecular complexity index is 1640. The normalized spacial score (nSPS) is 37.5. The van der Waals surface area contributed by atoms with Crippen LogP contribution in [0.15, 0.2) is 35.6 Å². The van der Waals surface area contributed by atoms with E-state index in [1.165, 1.54) is 20.1 Å². The molecule has 0 bridgehead atoms. The molecule has 6 N–H and O–H groups in total. The maximum atomic E-state index is 14.8. The van der Waals surface area contributed by atoms with Crippen molar-refractivity contribution in [1.29, 1.82) is 0 Å². The van der Waals surface area contributed by atoms with Gasteiger partial charge in [-0.3, -0.25) is 14.4 Å². The quantitative estimate of drug-likeness (QED) is 0.240. The van der Waals surface area contributed by atoms with Gasteiger partial charge in [0.15, 0.2) is 29.7 Å². The minimum Gasteiger partial charge on any atom is -0.508 e. The van der Waals surface area contributed by atoms with Crippen molar-refractivity contribution in [3.63, 3.8) is 0 Å². The van der Waals surface area contributed by atoms with Gasteiger partial charge in [0.25, 0.3) is 0 Å². The molecule has 11 atom stereocenters. The number of ether oxygens (including phenoxy) is 5. The summed E-state index contributed by atoms with van der Waals surface area (Å²) in [7, 11) is 1.22. The molecule has 14 nitrogen and oxygen atoms in total. The number of phenols is 2. The number of rotatable bonds is 6. The van der Waals surface area contributed by atoms with Crippen molar-refractivity contribution in [2.45, 2.75) is 101 Å². The number of hydrogen-bond donors (Lipinski definition) is 6. The van der Waals surface area contributed by atoms with Gasteiger partial charge in [-0.15, -0.1) is 0 Å². The average molecular weight is 659 g/mol. The largest absolute Gasteiger partial charge is 0.508 e. The first kappa shape index (κ1) is 33.4. The lowest BCUT2D eigenvalue weighted by molar-refractivity contribution is -0.318. The first-order valence-electron chi connectivity index (χ1n) is 15.4. The summed E-state index contributed by atoms with van der Waals surface area (Å²) >= 11 is 0. The number of aliphatic hydroxyl groups is 4. The van der Waals surface area contributed by atoms with Crippen molar-refractivity contribution >= 4 is 28.1 Å². The fraction of sp³-hybridized carbons (Fsp3) is 0.545. The standard InChI is InChI=1S/C33H38O14/c1-12(34)23-29(40)30(43-4)17-9-16-8-15-6-5-7-18(35)24(15)28(39)25(16)32(42)33(17,31(23)41)47-22-11-20(27(38)14(3)45-22)46-21-10-19(36)26(37)13(2)44-21/h5-8,13-14,17,19-22,26-27,30,35-39,41H,9-11H2,1-4H3. The van der Waals surface area contributed by atoms with E-state index in [2.05, 4.69) is 0 Å². The van der Waals surface area contributed by atoms with Crippen LogP contribution in [-0.2, 0) is 39.7 Å². The van der Waals surface area contributed by atoms with Crippen molar-refractivity contribution in [2.75, 3.05) is 7.11 Å². The highest BCUT2D eigenvalue weighted by Gasteiger charge is 2.65. The number of Topliss-reactive ketones (excluding diaryl/α,β-unsaturated/α-hetero) is 3. The highest BCUT2D eigenvalue weighted by molar-refractivity contribution is 6.25. The number of carbonyl (C=O) groups excluding carboxylic acids is 3. The fourth-order valence-corrected chi connectivity index (χ4v) is 7.39. The van der Waals surface area contributed by atoms with Gasteiger partial charge < -0.3 is 54.3 Å². The van der Waals surface area contributed by atoms with Gasteiger partial charge in [0.1, 0.15) is 41.1 Å². The number of fused-ring (bicyclic) bond motifs is 3. The summed E-state index contributed by atoms with van der Waals surface area (Å²) in [5.74, 6) is -5.81. The van der Waals surface area contributed by atoms with Crippen LogP contribution in [0.1, 0.15) is 49.5 Å². The third-order valence-electron chi connectivity index (χ3n) is 9.76. The molecular weight excluding hydrogens is 620 g/mol. The first-order valence-corrected chi connectivity index (χ1v) is 15.4. The van der Waals surface area contributed by atoms with Crippen molar-refractivity contribution in [3.05, 3.63) is 46.7 Å². The minimum atomic E-state index is -2.49. The smallest absolute Gasteiger partial charge is 0.207 e. The fourth-order valence-electron chi connectivity index (χ4n) is 7.39. The second-order valence-corrected chi connectivity index (χ2v) is 12.7. The Morgan fingerprint density at radius 1 is 0.979 bits per heavy atom. The van der Waals surface area contributed by atoms with Gasteiger partial charge in [0.05, 0.1) is 35.4 Å². The lowest BCUT2D eigenvalue weighted by Crippen LogP contribution is -2.65. The molecule has 0 amide bonds. The molecule has 2 heterocycles. The Balaban J connectivity index is 1.45. The molecule has 2 aliphatic heterocycles. The van der Waals surface area contributed by atoms with Crippen LogP contribution in [0.4, 0.5) is 0 Å². The Hall–Kier alpha value is -3.47. The molecule has 2 aromatic carbocycles. The molecule has 0 spiro atoms. The van der Waals surface area contributed by atoms with Crippen LogP contribution in [0.2, 0.25) is 0 Å². The first-order chi connectivity index (χ1) is 22.2. The minimum absolute atomic E-state index is 0.0215. The van der Waals surface area contributed by atoms with Crippen LogP contribution in [-0.4, -0.2) is 116 Å². The van der Waals surface area contributed by atoms with Crippen molar-refractivity contribution in [1.82, 2.24) is 0 Å². The van der Waals surface area contributed by atoms with Crippen molar-refractivity contribution < 1.29 is 68.7 Å². The van der Waals surface area contributed by atoms with E-state index in [0.717, 1.165) is 6.92 Å². The van der Waals surface area contributed by atoms with E-state index in [4.69, 9.17) is 23.7 Å². The number of methoxy groups -OCH3 is 1. The zero-order valence-corrected chi connectivity index (χ0v) is 26.2. The van der Waals surface area contributed by atoms with Gasteiger partial charge >= 0.3 is 0 Å². The van der Waals surface area contributed by atoms with Gasteiger partial charge in [0, 0.05) is 25.9 Å². The van der Waals surface area contributed by atoms with Gasteiger partial charge in [-0.2, -0.15) is 0 Å². The molecule has 0 saturated carbocycles. The van der Waals surface area contributed by atoms with E-state index in [0.29, 0.717) is 10.9 Å². The lowest BCUT2D eigenvalue weighted by Gasteiger charge is -2.50. The van der Waals surface area contributed by atoms with E-state index < -0.39 is 101 Å². The van der Waals surface area contributed by atoms with E-state index in [1.807, 2.05) is 0 Å². The topological polar surface area (TPSA) is 219 Å². The third kappa shape index (κ3) is 5.23. The maximum absolute atomic E-state index is 14.8. The summed E-state index contributed by atoms with van der Waals surface area (Å²) in [6, 6.07) is 6.11. The molecule has 2 saturated heterocycles. The number of ketones is 3. The molecule has 0 radical (unpaired) electrons. The number of aromatic hydroxyl groups is 2. The predicted molar refractivity (Wildman–Crippen MR) is 160 cm³/mol. The molecule has 0 aromatic heterocycles. The summed E-state index contributed by atoms with van der Waals surface area (Å²) in [6.07, 6.45) is -10.7. The summed E-state index contributed by atoms with van der Waals surface area (Å²) in [4.78, 5) is 41.1. The monoisotopic (exact) mass is 658 g/mol. The molecule has 2 fully saturated rings. The number of hydrogen-bond acceptors (Lipinski definition) is 14. The maximum Gasteiger partial charge on any atom is 0.207 e. The van der Waals surface area contributed by atoms with Gasteiger partial charge in [-0.05, 0) is 44.2 Å². The molecule has 4 aliphatic rings. The van der Waals surface area contributed by atoms with E-state index >= 15 is 0 Å². The number of aliphatic hydroxyl groups excluding tert-OH is 4. The summed E-state index contributed by atoms with van der Waals surface area (Å²) in [5.41, 5.74) is -3.20. The summed E-state index contributed by atoms with van der Waals surface area (Å²) < 4.78 is 29.6. The molecule has 47 heavy (non-hydrogen) atoms. The van der Waals surface area contributed by atoms with Crippen LogP contribution in [0, 0.1) is 5.92 Å². The Labute approximate surface area is 269 Å². The van der Waals surface area contributed by atoms with Crippen molar-refractivity contribution in [3.8, 4) is 11.5 Å². The van der Waals surface area contributed by atoms with Crippen molar-refractivity contribution in [2.24, 2.45) is 5.92 Å². The molecule has 2 aliphatic carbocycles. The second kappa shape index (κ2) is 12.2. The molecular formula is C33H38O14. The average Bonchev–Trinajstić information content (AvgIpc) is 2.99. The number of carbonyl (C=O) groups is 3. The van der Waals surface area contributed by atoms with E-state index in [9.17, 15) is 45.0 Å². The Morgan fingerprint density at radius 2 is 1.66 bits per heavy atom. The van der Waals surface area contributed by atoms with Crippen LogP contribution >= 0.6 is 0 Å². The highest BCUT2D eigenvalue weighted by atomic mass is 16.7. The molecule has 11 unspecified atom stereocenters. The SMILES string of the molecule is COC1C(=O)C(C(C)=O)=C(O)C2(OC3CC(OC4CC(O)C(O)C(C)O4)C(O)C(C)O3)C(=O)c3c(cc4cccc(O)c4c3O)CC12. The van der Waals surface area contributed by atoms with Gasteiger partial charge in [-0.25, -0.2) is 0 Å². The lowest BCUT2D eigenvalue weighted by atomic mass is 9.62. The molecule has 14 heteroatoms. The van der Waals surface area contributed by atoms with E-state index in [1.54, 1.807) is 25.1 Å². The third-order valence-corrected chi connectivity index (χ3v) is 9.76. The van der Waals surface area contributed by atoms with Gasteiger partial charge in [-0.1, -0.05) is 18.2 Å². The Kier molecular flexibility index (Phi) is 8.68. The van der Waals surface area contributed by atoms with Crippen LogP contribution < -0.4 is 0 Å².